The summed E-state index contributed by atoms with van der Waals surface area (Å²) in [6.07, 6.45) is -1.11. The second-order valence-electron chi connectivity index (χ2n) is 5.93. The minimum Gasteiger partial charge on any atom is -0.463 e. The average molecular weight is 394 g/mol. The number of hydrogen-bond acceptors (Lipinski definition) is 10. The maximum Gasteiger partial charge on any atom is 0.347 e. The predicted octanol–water partition coefficient (Wildman–Crippen LogP) is -0.297. The summed E-state index contributed by atoms with van der Waals surface area (Å²) in [5.74, 6) is -2.19. The van der Waals surface area contributed by atoms with E-state index in [9.17, 15) is 19.5 Å². The minimum absolute atomic E-state index is 0.0235. The lowest BCUT2D eigenvalue weighted by molar-refractivity contribution is -0.174. The zero-order valence-electron chi connectivity index (χ0n) is 16.4. The first-order valence-corrected chi connectivity index (χ1v) is 8.53. The van der Waals surface area contributed by atoms with Crippen LogP contribution in [-0.4, -0.2) is 89.1 Å². The molecule has 0 fully saturated rings. The van der Waals surface area contributed by atoms with Crippen molar-refractivity contribution in [1.29, 1.82) is 0 Å². The van der Waals surface area contributed by atoms with E-state index in [1.54, 1.807) is 7.11 Å². The summed E-state index contributed by atoms with van der Waals surface area (Å²) in [4.78, 5) is 34.6. The molecule has 0 amide bonds. The SMILES string of the molecule is COCCOCCOCCOC(=O)C(C)(CO)COC(=O)C(C)OC(C)=O. The average Bonchev–Trinajstić information content (AvgIpc) is 2.63. The summed E-state index contributed by atoms with van der Waals surface area (Å²) in [7, 11) is 1.58. The van der Waals surface area contributed by atoms with Gasteiger partial charge in [-0.25, -0.2) is 4.79 Å². The molecular formula is C17H30O10. The highest BCUT2D eigenvalue weighted by Gasteiger charge is 2.37. The van der Waals surface area contributed by atoms with Crippen molar-refractivity contribution < 1.29 is 47.9 Å². The fraction of sp³-hybridized carbons (Fsp3) is 0.824. The van der Waals surface area contributed by atoms with Crippen molar-refractivity contribution in [2.24, 2.45) is 5.41 Å². The lowest BCUT2D eigenvalue weighted by Gasteiger charge is -2.25. The van der Waals surface area contributed by atoms with Crippen molar-refractivity contribution in [3.8, 4) is 0 Å². The van der Waals surface area contributed by atoms with Crippen LogP contribution in [0, 0.1) is 5.41 Å². The predicted molar refractivity (Wildman–Crippen MR) is 91.9 cm³/mol. The van der Waals surface area contributed by atoms with E-state index < -0.39 is 42.6 Å². The third kappa shape index (κ3) is 11.5. The van der Waals surface area contributed by atoms with E-state index in [0.717, 1.165) is 6.92 Å². The Morgan fingerprint density at radius 2 is 1.52 bits per heavy atom. The largest absolute Gasteiger partial charge is 0.463 e. The molecule has 0 aliphatic heterocycles. The van der Waals surface area contributed by atoms with Crippen LogP contribution in [-0.2, 0) is 42.8 Å². The molecule has 0 bridgehead atoms. The standard InChI is InChI=1S/C17H30O10/c1-13(27-14(2)19)15(20)26-12-17(3,11-18)16(21)25-10-9-24-8-7-23-6-5-22-4/h13,18H,5-12H2,1-4H3. The quantitative estimate of drug-likeness (QED) is 0.225. The van der Waals surface area contributed by atoms with Crippen LogP contribution in [0.2, 0.25) is 0 Å². The van der Waals surface area contributed by atoms with Gasteiger partial charge in [0.2, 0.25) is 0 Å². The van der Waals surface area contributed by atoms with Gasteiger partial charge in [-0.3, -0.25) is 9.59 Å². The van der Waals surface area contributed by atoms with Crippen molar-refractivity contribution in [2.75, 3.05) is 60.0 Å². The van der Waals surface area contributed by atoms with Crippen molar-refractivity contribution in [3.05, 3.63) is 0 Å². The van der Waals surface area contributed by atoms with Crippen molar-refractivity contribution in [3.63, 3.8) is 0 Å². The molecule has 0 heterocycles. The highest BCUT2D eigenvalue weighted by atomic mass is 16.6. The Morgan fingerprint density at radius 1 is 0.963 bits per heavy atom. The molecule has 0 aromatic rings. The summed E-state index contributed by atoms with van der Waals surface area (Å²) in [6, 6.07) is 0. The molecule has 0 aliphatic rings. The third-order valence-electron chi connectivity index (χ3n) is 3.31. The number of carbonyl (C=O) groups excluding carboxylic acids is 3. The number of hydrogen-bond donors (Lipinski definition) is 1. The first-order valence-electron chi connectivity index (χ1n) is 8.53. The Balaban J connectivity index is 4.09. The molecule has 10 nitrogen and oxygen atoms in total. The molecule has 0 spiro atoms. The van der Waals surface area contributed by atoms with Gasteiger partial charge in [-0.15, -0.1) is 0 Å². The highest BCUT2D eigenvalue weighted by Crippen LogP contribution is 2.19. The van der Waals surface area contributed by atoms with Gasteiger partial charge in [-0.1, -0.05) is 0 Å². The molecule has 0 saturated carbocycles. The second-order valence-corrected chi connectivity index (χ2v) is 5.93. The molecule has 0 aliphatic carbocycles. The van der Waals surface area contributed by atoms with E-state index in [1.807, 2.05) is 0 Å². The number of aliphatic hydroxyl groups is 1. The van der Waals surface area contributed by atoms with Crippen LogP contribution in [0.4, 0.5) is 0 Å². The van der Waals surface area contributed by atoms with E-state index in [0.29, 0.717) is 26.4 Å². The molecule has 0 radical (unpaired) electrons. The van der Waals surface area contributed by atoms with Crippen LogP contribution in [0.1, 0.15) is 20.8 Å². The van der Waals surface area contributed by atoms with Crippen LogP contribution in [0.15, 0.2) is 0 Å². The number of rotatable bonds is 15. The lowest BCUT2D eigenvalue weighted by atomic mass is 9.93. The summed E-state index contributed by atoms with van der Waals surface area (Å²) >= 11 is 0. The van der Waals surface area contributed by atoms with Crippen LogP contribution >= 0.6 is 0 Å². The van der Waals surface area contributed by atoms with Crippen molar-refractivity contribution >= 4 is 17.9 Å². The third-order valence-corrected chi connectivity index (χ3v) is 3.31. The van der Waals surface area contributed by atoms with E-state index in [1.165, 1.54) is 13.8 Å². The van der Waals surface area contributed by atoms with Gasteiger partial charge in [0.05, 0.1) is 39.6 Å². The molecule has 0 saturated heterocycles. The number of methoxy groups -OCH3 is 1. The Morgan fingerprint density at radius 3 is 2.04 bits per heavy atom. The van der Waals surface area contributed by atoms with Crippen LogP contribution in [0.3, 0.4) is 0 Å². The fourth-order valence-corrected chi connectivity index (χ4v) is 1.65. The number of esters is 3. The Labute approximate surface area is 159 Å². The van der Waals surface area contributed by atoms with Gasteiger partial charge in [0, 0.05) is 14.0 Å². The normalized spacial score (nSPS) is 14.1. The first-order chi connectivity index (χ1) is 12.8. The molecule has 158 valence electrons. The van der Waals surface area contributed by atoms with E-state index in [-0.39, 0.29) is 13.2 Å². The first kappa shape index (κ1) is 25.2. The molecule has 1 N–H and O–H groups in total. The highest BCUT2D eigenvalue weighted by molar-refractivity contribution is 5.80. The molecule has 0 aromatic heterocycles. The van der Waals surface area contributed by atoms with E-state index in [2.05, 4.69) is 4.74 Å². The maximum absolute atomic E-state index is 12.1. The molecule has 0 aromatic carbocycles. The lowest BCUT2D eigenvalue weighted by Crippen LogP contribution is -2.40. The Kier molecular flexibility index (Phi) is 13.4. The number of carbonyl (C=O) groups is 3. The van der Waals surface area contributed by atoms with Gasteiger partial charge in [0.25, 0.3) is 0 Å². The Hall–Kier alpha value is -1.75. The van der Waals surface area contributed by atoms with Crippen LogP contribution < -0.4 is 0 Å². The topological polar surface area (TPSA) is 127 Å². The van der Waals surface area contributed by atoms with Gasteiger partial charge < -0.3 is 33.5 Å². The van der Waals surface area contributed by atoms with Crippen LogP contribution in [0.25, 0.3) is 0 Å². The fourth-order valence-electron chi connectivity index (χ4n) is 1.65. The summed E-state index contributed by atoms with van der Waals surface area (Å²) < 4.78 is 29.9. The number of aliphatic hydroxyl groups excluding tert-OH is 1. The van der Waals surface area contributed by atoms with E-state index >= 15 is 0 Å². The monoisotopic (exact) mass is 394 g/mol. The molecule has 2 atom stereocenters. The Bertz CT molecular complexity index is 453. The van der Waals surface area contributed by atoms with Gasteiger partial charge in [-0.05, 0) is 13.8 Å². The van der Waals surface area contributed by atoms with E-state index in [4.69, 9.17) is 23.7 Å². The summed E-state index contributed by atoms with van der Waals surface area (Å²) in [6.45, 7) is 4.72. The molecule has 0 rings (SSSR count). The smallest absolute Gasteiger partial charge is 0.347 e. The zero-order chi connectivity index (χ0) is 20.7. The van der Waals surface area contributed by atoms with Crippen molar-refractivity contribution in [1.82, 2.24) is 0 Å². The van der Waals surface area contributed by atoms with Crippen molar-refractivity contribution in [2.45, 2.75) is 26.9 Å². The summed E-state index contributed by atoms with van der Waals surface area (Å²) in [5, 5.41) is 9.46. The van der Waals surface area contributed by atoms with Crippen LogP contribution in [0.5, 0.6) is 0 Å². The second kappa shape index (κ2) is 14.3. The number of ether oxygens (including phenoxy) is 6. The van der Waals surface area contributed by atoms with Gasteiger partial charge >= 0.3 is 17.9 Å². The van der Waals surface area contributed by atoms with Gasteiger partial charge in [0.1, 0.15) is 18.6 Å². The molecule has 27 heavy (non-hydrogen) atoms. The van der Waals surface area contributed by atoms with Gasteiger partial charge in [-0.2, -0.15) is 0 Å². The molecular weight excluding hydrogens is 364 g/mol. The zero-order valence-corrected chi connectivity index (χ0v) is 16.4. The minimum atomic E-state index is -1.44. The molecule has 2 unspecified atom stereocenters. The maximum atomic E-state index is 12.1. The molecule has 10 heteroatoms. The summed E-state index contributed by atoms with van der Waals surface area (Å²) in [5.41, 5.74) is -1.44. The van der Waals surface area contributed by atoms with Gasteiger partial charge in [0.15, 0.2) is 6.10 Å².